The Morgan fingerprint density at radius 1 is 1.24 bits per heavy atom. The molecular weight excluding hydrogens is 216 g/mol. The Bertz CT molecular complexity index is 553. The van der Waals surface area contributed by atoms with Crippen LogP contribution in [0, 0.1) is 0 Å². The van der Waals surface area contributed by atoms with Gasteiger partial charge in [0.15, 0.2) is 0 Å². The molecule has 1 heterocycles. The van der Waals surface area contributed by atoms with Crippen molar-refractivity contribution >= 4 is 5.97 Å². The third-order valence-corrected chi connectivity index (χ3v) is 2.99. The highest BCUT2D eigenvalue weighted by Crippen LogP contribution is 2.35. The first-order valence-electron chi connectivity index (χ1n) is 5.62. The van der Waals surface area contributed by atoms with Crippen molar-refractivity contribution in [3.8, 4) is 11.1 Å². The monoisotopic (exact) mass is 228 g/mol. The number of rotatable bonds is 3. The van der Waals surface area contributed by atoms with Crippen molar-refractivity contribution < 1.29 is 9.90 Å². The van der Waals surface area contributed by atoms with Crippen molar-refractivity contribution in [3.05, 3.63) is 42.2 Å². The van der Waals surface area contributed by atoms with Crippen molar-refractivity contribution in [1.29, 1.82) is 0 Å². The van der Waals surface area contributed by atoms with Crippen molar-refractivity contribution in [3.63, 3.8) is 0 Å². The van der Waals surface area contributed by atoms with E-state index in [1.54, 1.807) is 12.1 Å². The van der Waals surface area contributed by atoms with Crippen LogP contribution in [0.15, 0.2) is 36.7 Å². The number of carboxylic acid groups (broad SMARTS) is 1. The zero-order valence-corrected chi connectivity index (χ0v) is 9.21. The summed E-state index contributed by atoms with van der Waals surface area (Å²) in [5, 5.41) is 13.1. The van der Waals surface area contributed by atoms with E-state index in [1.807, 2.05) is 29.2 Å². The van der Waals surface area contributed by atoms with Crippen LogP contribution in [-0.4, -0.2) is 20.9 Å². The molecule has 0 atom stereocenters. The Hall–Kier alpha value is -2.10. The van der Waals surface area contributed by atoms with Crippen molar-refractivity contribution in [2.75, 3.05) is 0 Å². The highest BCUT2D eigenvalue weighted by molar-refractivity contribution is 5.88. The first kappa shape index (κ1) is 10.1. The van der Waals surface area contributed by atoms with Gasteiger partial charge in [0.2, 0.25) is 0 Å². The summed E-state index contributed by atoms with van der Waals surface area (Å²) in [6.07, 6.45) is 6.26. The van der Waals surface area contributed by atoms with Gasteiger partial charge in [-0.25, -0.2) is 4.79 Å². The number of nitrogens with zero attached hydrogens (tertiary/aromatic N) is 2. The van der Waals surface area contributed by atoms with Gasteiger partial charge in [0.05, 0.1) is 17.8 Å². The number of carboxylic acids is 1. The van der Waals surface area contributed by atoms with Crippen LogP contribution in [0.2, 0.25) is 0 Å². The molecule has 0 amide bonds. The first-order chi connectivity index (χ1) is 8.24. The lowest BCUT2D eigenvalue weighted by molar-refractivity contribution is 0.0697. The van der Waals surface area contributed by atoms with E-state index in [-0.39, 0.29) is 0 Å². The number of hydrogen-bond donors (Lipinski definition) is 1. The first-order valence-corrected chi connectivity index (χ1v) is 5.62. The van der Waals surface area contributed by atoms with E-state index in [1.165, 1.54) is 12.8 Å². The predicted molar refractivity (Wildman–Crippen MR) is 62.9 cm³/mol. The number of benzene rings is 1. The predicted octanol–water partition coefficient (Wildman–Crippen LogP) is 2.58. The molecule has 86 valence electrons. The van der Waals surface area contributed by atoms with Crippen LogP contribution in [0.5, 0.6) is 0 Å². The second-order valence-corrected chi connectivity index (χ2v) is 4.32. The van der Waals surface area contributed by atoms with E-state index in [2.05, 4.69) is 5.10 Å². The van der Waals surface area contributed by atoms with Crippen LogP contribution >= 0.6 is 0 Å². The molecule has 0 bridgehead atoms. The molecule has 4 nitrogen and oxygen atoms in total. The van der Waals surface area contributed by atoms with Crippen molar-refractivity contribution in [2.24, 2.45) is 0 Å². The van der Waals surface area contributed by atoms with Gasteiger partial charge in [-0.15, -0.1) is 0 Å². The molecule has 0 radical (unpaired) electrons. The minimum atomic E-state index is -0.898. The summed E-state index contributed by atoms with van der Waals surface area (Å²) in [6.45, 7) is 0. The molecule has 2 aromatic rings. The Morgan fingerprint density at radius 3 is 2.53 bits per heavy atom. The molecule has 1 aliphatic carbocycles. The molecule has 4 heteroatoms. The van der Waals surface area contributed by atoms with Crippen LogP contribution < -0.4 is 0 Å². The summed E-state index contributed by atoms with van der Waals surface area (Å²) in [5.41, 5.74) is 2.35. The van der Waals surface area contributed by atoms with E-state index in [9.17, 15) is 4.79 Å². The second kappa shape index (κ2) is 3.73. The van der Waals surface area contributed by atoms with Gasteiger partial charge in [-0.2, -0.15) is 5.10 Å². The SMILES string of the molecule is O=C(O)c1ccc(-c2cnn(C3CC3)c2)cc1. The molecule has 1 aliphatic rings. The minimum Gasteiger partial charge on any atom is -0.478 e. The Balaban J connectivity index is 1.89. The fourth-order valence-electron chi connectivity index (χ4n) is 1.83. The van der Waals surface area contributed by atoms with Crippen LogP contribution in [0.3, 0.4) is 0 Å². The van der Waals surface area contributed by atoms with E-state index in [4.69, 9.17) is 5.11 Å². The van der Waals surface area contributed by atoms with Crippen LogP contribution in [0.1, 0.15) is 29.2 Å². The summed E-state index contributed by atoms with van der Waals surface area (Å²) in [7, 11) is 0. The molecule has 1 aromatic carbocycles. The highest BCUT2D eigenvalue weighted by Gasteiger charge is 2.24. The largest absolute Gasteiger partial charge is 0.478 e. The van der Waals surface area contributed by atoms with Gasteiger partial charge in [0.1, 0.15) is 0 Å². The lowest BCUT2D eigenvalue weighted by Crippen LogP contribution is -1.94. The highest BCUT2D eigenvalue weighted by atomic mass is 16.4. The molecule has 0 saturated heterocycles. The second-order valence-electron chi connectivity index (χ2n) is 4.32. The molecular formula is C13H12N2O2. The zero-order chi connectivity index (χ0) is 11.8. The Kier molecular flexibility index (Phi) is 2.21. The third kappa shape index (κ3) is 1.93. The van der Waals surface area contributed by atoms with Gasteiger partial charge in [-0.1, -0.05) is 12.1 Å². The standard InChI is InChI=1S/C13H12N2O2/c16-13(17)10-3-1-9(2-4-10)11-7-14-15(8-11)12-5-6-12/h1-4,7-8,12H,5-6H2,(H,16,17). The van der Waals surface area contributed by atoms with E-state index < -0.39 is 5.97 Å². The van der Waals surface area contributed by atoms with Gasteiger partial charge in [0, 0.05) is 11.8 Å². The van der Waals surface area contributed by atoms with E-state index >= 15 is 0 Å². The summed E-state index contributed by atoms with van der Waals surface area (Å²) in [4.78, 5) is 10.7. The summed E-state index contributed by atoms with van der Waals surface area (Å²) in [5.74, 6) is -0.898. The molecule has 1 aromatic heterocycles. The van der Waals surface area contributed by atoms with Crippen LogP contribution in [0.25, 0.3) is 11.1 Å². The average molecular weight is 228 g/mol. The van der Waals surface area contributed by atoms with E-state index in [0.29, 0.717) is 11.6 Å². The Morgan fingerprint density at radius 2 is 1.94 bits per heavy atom. The van der Waals surface area contributed by atoms with E-state index in [0.717, 1.165) is 11.1 Å². The summed E-state index contributed by atoms with van der Waals surface area (Å²) < 4.78 is 1.99. The van der Waals surface area contributed by atoms with Crippen molar-refractivity contribution in [1.82, 2.24) is 9.78 Å². The van der Waals surface area contributed by atoms with Gasteiger partial charge >= 0.3 is 5.97 Å². The number of aromatic carboxylic acids is 1. The molecule has 0 spiro atoms. The Labute approximate surface area is 98.5 Å². The van der Waals surface area contributed by atoms with Gasteiger partial charge in [-0.3, -0.25) is 4.68 Å². The maximum Gasteiger partial charge on any atom is 0.335 e. The zero-order valence-electron chi connectivity index (χ0n) is 9.21. The third-order valence-electron chi connectivity index (χ3n) is 2.99. The van der Waals surface area contributed by atoms with Crippen LogP contribution in [-0.2, 0) is 0 Å². The normalized spacial score (nSPS) is 14.8. The molecule has 0 unspecified atom stereocenters. The maximum atomic E-state index is 10.7. The fraction of sp³-hybridized carbons (Fsp3) is 0.231. The van der Waals surface area contributed by atoms with Gasteiger partial charge in [-0.05, 0) is 30.5 Å². The number of aromatic nitrogens is 2. The summed E-state index contributed by atoms with van der Waals surface area (Å²) >= 11 is 0. The molecule has 1 saturated carbocycles. The molecule has 0 aliphatic heterocycles. The van der Waals surface area contributed by atoms with Crippen molar-refractivity contribution in [2.45, 2.75) is 18.9 Å². The van der Waals surface area contributed by atoms with Gasteiger partial charge < -0.3 is 5.11 Å². The summed E-state index contributed by atoms with van der Waals surface area (Å²) in [6, 6.07) is 7.44. The number of carbonyl (C=O) groups is 1. The molecule has 1 N–H and O–H groups in total. The molecule has 17 heavy (non-hydrogen) atoms. The smallest absolute Gasteiger partial charge is 0.335 e. The molecule has 1 fully saturated rings. The molecule has 3 rings (SSSR count). The lowest BCUT2D eigenvalue weighted by Gasteiger charge is -1.98. The average Bonchev–Trinajstić information content (AvgIpc) is 3.07. The van der Waals surface area contributed by atoms with Gasteiger partial charge in [0.25, 0.3) is 0 Å². The topological polar surface area (TPSA) is 55.1 Å². The maximum absolute atomic E-state index is 10.7. The quantitative estimate of drug-likeness (QED) is 0.878. The fourth-order valence-corrected chi connectivity index (χ4v) is 1.83. The van der Waals surface area contributed by atoms with Crippen LogP contribution in [0.4, 0.5) is 0 Å². The number of hydrogen-bond acceptors (Lipinski definition) is 2. The minimum absolute atomic E-state index is 0.309. The lowest BCUT2D eigenvalue weighted by atomic mass is 10.1.